The highest BCUT2D eigenvalue weighted by molar-refractivity contribution is 7.88. The molecule has 3 aromatic rings. The number of amides is 1. The van der Waals surface area contributed by atoms with Gasteiger partial charge in [-0.3, -0.25) is 0 Å². The fourth-order valence-corrected chi connectivity index (χ4v) is 7.71. The van der Waals surface area contributed by atoms with E-state index < -0.39 is 10.0 Å². The smallest absolute Gasteiger partial charge is 0.368 e. The summed E-state index contributed by atoms with van der Waals surface area (Å²) in [6.45, 7) is 4.75. The third kappa shape index (κ3) is 6.61. The average Bonchev–Trinajstić information content (AvgIpc) is 3.02. The molecule has 0 spiro atoms. The molecular weight excluding hydrogens is 544 g/mol. The number of piperazine rings is 1. The third-order valence-corrected chi connectivity index (χ3v) is 10.7. The van der Waals surface area contributed by atoms with Gasteiger partial charge in [-0.05, 0) is 49.4 Å². The summed E-state index contributed by atoms with van der Waals surface area (Å²) < 4.78 is 28.3. The second-order valence-corrected chi connectivity index (χ2v) is 13.5. The predicted octanol–water partition coefficient (Wildman–Crippen LogP) is 4.91. The largest absolute Gasteiger partial charge is 0.375 e. The molecule has 1 saturated heterocycles. The van der Waals surface area contributed by atoms with Crippen molar-refractivity contribution in [1.29, 1.82) is 0 Å². The normalized spacial score (nSPS) is 24.2. The summed E-state index contributed by atoms with van der Waals surface area (Å²) in [5.74, 6) is 0.0714. The van der Waals surface area contributed by atoms with E-state index in [0.717, 1.165) is 42.6 Å². The fourth-order valence-electron chi connectivity index (χ4n) is 6.20. The first kappa shape index (κ1) is 30.0. The topological polar surface area (TPSA) is 69.7 Å². The number of carbonyl (C=O) groups is 1. The van der Waals surface area contributed by atoms with Crippen LogP contribution >= 0.6 is 0 Å². The number of para-hydroxylation sites is 1. The summed E-state index contributed by atoms with van der Waals surface area (Å²) in [5.41, 5.74) is 4.68. The van der Waals surface area contributed by atoms with Gasteiger partial charge in [0.1, 0.15) is 5.69 Å². The molecule has 42 heavy (non-hydrogen) atoms. The Bertz CT molecular complexity index is 1470. The highest BCUT2D eigenvalue weighted by atomic mass is 32.2. The van der Waals surface area contributed by atoms with Gasteiger partial charge in [0.05, 0.1) is 18.8 Å². The zero-order valence-corrected chi connectivity index (χ0v) is 25.6. The predicted molar refractivity (Wildman–Crippen MR) is 170 cm³/mol. The van der Waals surface area contributed by atoms with Crippen LogP contribution in [0.15, 0.2) is 102 Å². The molecule has 8 heteroatoms. The summed E-state index contributed by atoms with van der Waals surface area (Å²) in [7, 11) is -1.39. The minimum atomic E-state index is -3.43. The first-order valence-corrected chi connectivity index (χ1v) is 16.6. The molecule has 7 nitrogen and oxygen atoms in total. The van der Waals surface area contributed by atoms with Crippen LogP contribution in [0.3, 0.4) is 0 Å². The van der Waals surface area contributed by atoms with E-state index in [4.69, 9.17) is 0 Å². The monoisotopic (exact) mass is 587 g/mol. The second-order valence-electron chi connectivity index (χ2n) is 11.6. The molecule has 3 aromatic carbocycles. The van der Waals surface area contributed by atoms with Gasteiger partial charge in [0.2, 0.25) is 10.0 Å². The van der Waals surface area contributed by atoms with E-state index in [2.05, 4.69) is 29.3 Å². The molecule has 0 bridgehead atoms. The van der Waals surface area contributed by atoms with Gasteiger partial charge in [0.15, 0.2) is 5.70 Å². The van der Waals surface area contributed by atoms with Crippen molar-refractivity contribution in [2.24, 2.45) is 0 Å². The Labute approximate surface area is 251 Å². The molecule has 0 aliphatic carbocycles. The molecular formula is C34H43N4O3S+. The Morgan fingerprint density at radius 1 is 0.833 bits per heavy atom. The van der Waals surface area contributed by atoms with Crippen LogP contribution in [-0.4, -0.2) is 69.3 Å². The SMILES string of the molecule is CC1CCC/C(N2CCN(S(=O)(=O)Cc3ccccc3)CC2)=C(/NCCc2ccccc2)C(=O)[N+]1(C)c1ccccc1. The van der Waals surface area contributed by atoms with E-state index in [1.807, 2.05) is 85.9 Å². The van der Waals surface area contributed by atoms with Crippen molar-refractivity contribution in [2.45, 2.75) is 44.4 Å². The number of benzene rings is 3. The Balaban J connectivity index is 1.42. The first-order valence-electron chi connectivity index (χ1n) is 15.0. The number of nitrogens with zero attached hydrogens (tertiary/aromatic N) is 3. The Morgan fingerprint density at radius 3 is 2.02 bits per heavy atom. The number of quaternary nitrogens is 1. The lowest BCUT2D eigenvalue weighted by molar-refractivity contribution is -0.127. The lowest BCUT2D eigenvalue weighted by Gasteiger charge is -2.42. The molecule has 1 amide bonds. The number of carbonyl (C=O) groups excluding carboxylic acids is 1. The first-order chi connectivity index (χ1) is 20.3. The molecule has 2 heterocycles. The number of allylic oxidation sites excluding steroid dienone is 1. The molecule has 1 N–H and O–H groups in total. The number of hydrogen-bond donors (Lipinski definition) is 1. The van der Waals surface area contributed by atoms with Crippen molar-refractivity contribution in [2.75, 3.05) is 39.8 Å². The Morgan fingerprint density at radius 2 is 1.40 bits per heavy atom. The van der Waals surface area contributed by atoms with E-state index >= 15 is 0 Å². The maximum atomic E-state index is 14.7. The van der Waals surface area contributed by atoms with Crippen LogP contribution in [0.2, 0.25) is 0 Å². The molecule has 2 unspecified atom stereocenters. The van der Waals surface area contributed by atoms with Gasteiger partial charge < -0.3 is 10.2 Å². The summed E-state index contributed by atoms with van der Waals surface area (Å²) in [5, 5.41) is 3.60. The van der Waals surface area contributed by atoms with Gasteiger partial charge in [-0.25, -0.2) is 17.7 Å². The molecule has 0 saturated carbocycles. The third-order valence-electron chi connectivity index (χ3n) is 8.90. The summed E-state index contributed by atoms with van der Waals surface area (Å²) in [6, 6.07) is 29.9. The molecule has 5 rings (SSSR count). The van der Waals surface area contributed by atoms with Gasteiger partial charge in [-0.15, -0.1) is 0 Å². The van der Waals surface area contributed by atoms with Crippen LogP contribution in [0, 0.1) is 0 Å². The van der Waals surface area contributed by atoms with Crippen LogP contribution in [-0.2, 0) is 27.0 Å². The van der Waals surface area contributed by atoms with E-state index in [1.165, 1.54) is 5.56 Å². The lowest BCUT2D eigenvalue weighted by Crippen LogP contribution is -2.60. The summed E-state index contributed by atoms with van der Waals surface area (Å²) >= 11 is 0. The highest BCUT2D eigenvalue weighted by Crippen LogP contribution is 2.34. The molecule has 0 aromatic heterocycles. The van der Waals surface area contributed by atoms with Crippen LogP contribution < -0.4 is 9.80 Å². The van der Waals surface area contributed by atoms with Gasteiger partial charge in [0.25, 0.3) is 0 Å². The quantitative estimate of drug-likeness (QED) is 0.360. The Kier molecular flexibility index (Phi) is 9.46. The highest BCUT2D eigenvalue weighted by Gasteiger charge is 2.45. The van der Waals surface area contributed by atoms with Crippen LogP contribution in [0.4, 0.5) is 5.69 Å². The minimum Gasteiger partial charge on any atom is -0.375 e. The zero-order valence-electron chi connectivity index (χ0n) is 24.8. The second kappa shape index (κ2) is 13.2. The van der Waals surface area contributed by atoms with Crippen molar-refractivity contribution >= 4 is 21.6 Å². The number of rotatable bonds is 9. The van der Waals surface area contributed by atoms with Crippen molar-refractivity contribution in [3.8, 4) is 0 Å². The minimum absolute atomic E-state index is 0.00606. The van der Waals surface area contributed by atoms with Crippen LogP contribution in [0.25, 0.3) is 0 Å². The van der Waals surface area contributed by atoms with E-state index in [-0.39, 0.29) is 22.2 Å². The molecule has 222 valence electrons. The van der Waals surface area contributed by atoms with Gasteiger partial charge in [0, 0.05) is 44.8 Å². The molecule has 2 aliphatic heterocycles. The number of likely N-dealkylation sites (N-methyl/N-ethyl adjacent to an activating group) is 1. The summed E-state index contributed by atoms with van der Waals surface area (Å²) in [4.78, 5) is 16.9. The van der Waals surface area contributed by atoms with Crippen molar-refractivity contribution in [3.63, 3.8) is 0 Å². The average molecular weight is 588 g/mol. The van der Waals surface area contributed by atoms with E-state index in [9.17, 15) is 13.2 Å². The van der Waals surface area contributed by atoms with E-state index in [1.54, 1.807) is 4.31 Å². The van der Waals surface area contributed by atoms with Crippen molar-refractivity contribution < 1.29 is 13.2 Å². The Hall–Kier alpha value is -3.46. The number of nitrogens with one attached hydrogen (secondary N) is 1. The van der Waals surface area contributed by atoms with Crippen molar-refractivity contribution in [3.05, 3.63) is 114 Å². The van der Waals surface area contributed by atoms with Crippen LogP contribution in [0.1, 0.15) is 37.3 Å². The summed E-state index contributed by atoms with van der Waals surface area (Å²) in [6.07, 6.45) is 3.47. The maximum absolute atomic E-state index is 14.7. The number of sulfonamides is 1. The van der Waals surface area contributed by atoms with Crippen LogP contribution in [0.5, 0.6) is 0 Å². The van der Waals surface area contributed by atoms with E-state index in [0.29, 0.717) is 38.4 Å². The lowest BCUT2D eigenvalue weighted by atomic mass is 9.98. The fraction of sp³-hybridized carbons (Fsp3) is 0.382. The maximum Gasteiger partial charge on any atom is 0.368 e. The molecule has 0 radical (unpaired) electrons. The molecule has 1 fully saturated rings. The van der Waals surface area contributed by atoms with Gasteiger partial charge >= 0.3 is 5.91 Å². The standard InChI is InChI=1S/C34H43N4O3S/c1-28-13-12-20-32(36-23-25-37(26-24-36)42(40,41)27-30-16-8-4-9-17-30)33(35-22-21-29-14-6-3-7-15-29)34(39)38(28,2)31-18-10-5-11-19-31/h3-11,14-19,28,35H,12-13,20-27H2,1-2H3/q+1/b33-32-. The zero-order chi connectivity index (χ0) is 29.6. The van der Waals surface area contributed by atoms with Gasteiger partial charge in [-0.1, -0.05) is 78.9 Å². The number of hydrogen-bond acceptors (Lipinski definition) is 5. The molecule has 2 atom stereocenters. The van der Waals surface area contributed by atoms with Gasteiger partial charge in [-0.2, -0.15) is 4.31 Å². The molecule has 2 aliphatic rings. The van der Waals surface area contributed by atoms with Crippen molar-refractivity contribution in [1.82, 2.24) is 19.0 Å².